The molecule has 1 aliphatic heterocycles. The normalized spacial score (nSPS) is 27.6. The van der Waals surface area contributed by atoms with Crippen LogP contribution in [0.25, 0.3) is 0 Å². The number of thiol groups is 1. The van der Waals surface area contributed by atoms with Crippen molar-refractivity contribution >= 4 is 12.6 Å². The van der Waals surface area contributed by atoms with Crippen molar-refractivity contribution < 1.29 is 0 Å². The summed E-state index contributed by atoms with van der Waals surface area (Å²) < 4.78 is 0. The lowest BCUT2D eigenvalue weighted by molar-refractivity contribution is 0.131. The number of hydrogen-bond donors (Lipinski definition) is 1. The van der Waals surface area contributed by atoms with Crippen LogP contribution in [0, 0.1) is 5.41 Å². The van der Waals surface area contributed by atoms with E-state index in [9.17, 15) is 0 Å². The van der Waals surface area contributed by atoms with Gasteiger partial charge in [0.05, 0.1) is 0 Å². The summed E-state index contributed by atoms with van der Waals surface area (Å²) in [6.45, 7) is 4.02. The van der Waals surface area contributed by atoms with E-state index in [-0.39, 0.29) is 0 Å². The molecule has 2 fully saturated rings. The van der Waals surface area contributed by atoms with E-state index in [1.807, 2.05) is 0 Å². The second-order valence-electron chi connectivity index (χ2n) is 5.91. The quantitative estimate of drug-likeness (QED) is 0.582. The molecule has 2 heteroatoms. The minimum Gasteiger partial charge on any atom is -0.303 e. The maximum absolute atomic E-state index is 4.67. The Bertz CT molecular complexity index is 191. The van der Waals surface area contributed by atoms with E-state index in [1.165, 1.54) is 77.4 Å². The number of piperidine rings is 1. The molecule has 1 nitrogen and oxygen atoms in total. The maximum Gasteiger partial charge on any atom is 0.00458 e. The monoisotopic (exact) mass is 241 g/mol. The van der Waals surface area contributed by atoms with E-state index in [4.69, 9.17) is 0 Å². The number of rotatable bonds is 3. The maximum atomic E-state index is 4.67. The Morgan fingerprint density at radius 2 is 1.38 bits per heavy atom. The second-order valence-corrected chi connectivity index (χ2v) is 6.23. The van der Waals surface area contributed by atoms with Gasteiger partial charge in [-0.25, -0.2) is 0 Å². The molecule has 1 heterocycles. The third-order valence-corrected chi connectivity index (χ3v) is 5.18. The zero-order valence-corrected chi connectivity index (χ0v) is 11.5. The van der Waals surface area contributed by atoms with Gasteiger partial charge in [0, 0.05) is 6.54 Å². The lowest BCUT2D eigenvalue weighted by Crippen LogP contribution is -2.41. The predicted octanol–water partition coefficient (Wildman–Crippen LogP) is 3.74. The molecule has 2 rings (SSSR count). The van der Waals surface area contributed by atoms with Crippen LogP contribution in [0.3, 0.4) is 0 Å². The standard InChI is InChI=1S/C14H27NS/c16-13-14(8-4-1-2-5-9-14)12-15-10-6-3-7-11-15/h16H,1-13H2. The highest BCUT2D eigenvalue weighted by atomic mass is 32.1. The van der Waals surface area contributed by atoms with Gasteiger partial charge in [-0.3, -0.25) is 0 Å². The first-order valence-electron chi connectivity index (χ1n) is 7.18. The SMILES string of the molecule is SCC1(CN2CCCCC2)CCCCCC1. The summed E-state index contributed by atoms with van der Waals surface area (Å²) in [6, 6.07) is 0. The molecule has 2 aliphatic rings. The highest BCUT2D eigenvalue weighted by Crippen LogP contribution is 2.37. The molecule has 0 spiro atoms. The summed E-state index contributed by atoms with van der Waals surface area (Å²) in [5.41, 5.74) is 0.553. The zero-order valence-electron chi connectivity index (χ0n) is 10.6. The van der Waals surface area contributed by atoms with Gasteiger partial charge in [-0.1, -0.05) is 32.1 Å². The molecule has 0 aromatic rings. The molecule has 1 saturated heterocycles. The highest BCUT2D eigenvalue weighted by Gasteiger charge is 2.31. The molecular weight excluding hydrogens is 214 g/mol. The molecule has 94 valence electrons. The van der Waals surface area contributed by atoms with Crippen LogP contribution in [0.2, 0.25) is 0 Å². The Morgan fingerprint density at radius 1 is 0.812 bits per heavy atom. The van der Waals surface area contributed by atoms with Gasteiger partial charge in [0.25, 0.3) is 0 Å². The average Bonchev–Trinajstić information content (AvgIpc) is 2.57. The zero-order chi connectivity index (χ0) is 11.3. The molecular formula is C14H27NS. The van der Waals surface area contributed by atoms with Crippen LogP contribution < -0.4 is 0 Å². The van der Waals surface area contributed by atoms with Gasteiger partial charge in [0.1, 0.15) is 0 Å². The second kappa shape index (κ2) is 6.30. The van der Waals surface area contributed by atoms with E-state index in [0.29, 0.717) is 5.41 Å². The summed E-state index contributed by atoms with van der Waals surface area (Å²) in [6.07, 6.45) is 12.9. The number of likely N-dealkylation sites (tertiary alicyclic amines) is 1. The molecule has 0 atom stereocenters. The minimum absolute atomic E-state index is 0.553. The van der Waals surface area contributed by atoms with Gasteiger partial charge in [-0.2, -0.15) is 12.6 Å². The van der Waals surface area contributed by atoms with Gasteiger partial charge >= 0.3 is 0 Å². The van der Waals surface area contributed by atoms with Crippen molar-refractivity contribution in [3.05, 3.63) is 0 Å². The van der Waals surface area contributed by atoms with Crippen molar-refractivity contribution in [3.8, 4) is 0 Å². The Kier molecular flexibility index (Phi) is 5.02. The Balaban J connectivity index is 1.90. The Morgan fingerprint density at radius 3 is 1.94 bits per heavy atom. The van der Waals surface area contributed by atoms with Crippen LogP contribution >= 0.6 is 12.6 Å². The first kappa shape index (κ1) is 12.8. The van der Waals surface area contributed by atoms with E-state index in [2.05, 4.69) is 17.5 Å². The Labute approximate surface area is 106 Å². The van der Waals surface area contributed by atoms with Gasteiger partial charge in [-0.05, 0) is 49.9 Å². The highest BCUT2D eigenvalue weighted by molar-refractivity contribution is 7.80. The molecule has 0 amide bonds. The topological polar surface area (TPSA) is 3.24 Å². The minimum atomic E-state index is 0.553. The van der Waals surface area contributed by atoms with E-state index in [1.54, 1.807) is 0 Å². The molecule has 1 aliphatic carbocycles. The third kappa shape index (κ3) is 3.40. The molecule has 0 aromatic heterocycles. The molecule has 0 N–H and O–H groups in total. The van der Waals surface area contributed by atoms with Crippen LogP contribution in [0.4, 0.5) is 0 Å². The summed E-state index contributed by atoms with van der Waals surface area (Å²) in [5, 5.41) is 0. The van der Waals surface area contributed by atoms with Crippen molar-refractivity contribution in [2.45, 2.75) is 57.8 Å². The summed E-state index contributed by atoms with van der Waals surface area (Å²) in [7, 11) is 0. The number of hydrogen-bond acceptors (Lipinski definition) is 2. The summed E-state index contributed by atoms with van der Waals surface area (Å²) >= 11 is 4.67. The number of nitrogens with zero attached hydrogens (tertiary/aromatic N) is 1. The van der Waals surface area contributed by atoms with Crippen molar-refractivity contribution in [2.24, 2.45) is 5.41 Å². The lowest BCUT2D eigenvalue weighted by atomic mass is 9.81. The van der Waals surface area contributed by atoms with Crippen molar-refractivity contribution in [2.75, 3.05) is 25.4 Å². The Hall–Kier alpha value is 0.310. The first-order valence-corrected chi connectivity index (χ1v) is 7.81. The average molecular weight is 241 g/mol. The molecule has 16 heavy (non-hydrogen) atoms. The van der Waals surface area contributed by atoms with Crippen LogP contribution in [0.5, 0.6) is 0 Å². The van der Waals surface area contributed by atoms with Gasteiger partial charge in [-0.15, -0.1) is 0 Å². The molecule has 0 bridgehead atoms. The fraction of sp³-hybridized carbons (Fsp3) is 1.00. The molecule has 1 saturated carbocycles. The van der Waals surface area contributed by atoms with E-state index < -0.39 is 0 Å². The van der Waals surface area contributed by atoms with Crippen LogP contribution in [0.1, 0.15) is 57.8 Å². The van der Waals surface area contributed by atoms with Crippen molar-refractivity contribution in [3.63, 3.8) is 0 Å². The first-order chi connectivity index (χ1) is 7.85. The summed E-state index contributed by atoms with van der Waals surface area (Å²) in [4.78, 5) is 2.71. The predicted molar refractivity (Wildman–Crippen MR) is 74.3 cm³/mol. The largest absolute Gasteiger partial charge is 0.303 e. The van der Waals surface area contributed by atoms with Gasteiger partial charge < -0.3 is 4.90 Å². The molecule has 0 radical (unpaired) electrons. The van der Waals surface area contributed by atoms with Gasteiger partial charge in [0.2, 0.25) is 0 Å². The van der Waals surface area contributed by atoms with Crippen LogP contribution in [0.15, 0.2) is 0 Å². The van der Waals surface area contributed by atoms with Crippen molar-refractivity contribution in [1.82, 2.24) is 4.90 Å². The fourth-order valence-corrected chi connectivity index (χ4v) is 3.85. The van der Waals surface area contributed by atoms with E-state index in [0.717, 1.165) is 5.75 Å². The van der Waals surface area contributed by atoms with E-state index >= 15 is 0 Å². The van der Waals surface area contributed by atoms with Crippen LogP contribution in [-0.2, 0) is 0 Å². The van der Waals surface area contributed by atoms with Crippen molar-refractivity contribution in [1.29, 1.82) is 0 Å². The molecule has 0 unspecified atom stereocenters. The summed E-state index contributed by atoms with van der Waals surface area (Å²) in [5.74, 6) is 1.10. The smallest absolute Gasteiger partial charge is 0.00458 e. The third-order valence-electron chi connectivity index (χ3n) is 4.51. The van der Waals surface area contributed by atoms with Gasteiger partial charge in [0.15, 0.2) is 0 Å². The molecule has 0 aromatic carbocycles. The van der Waals surface area contributed by atoms with Crippen LogP contribution in [-0.4, -0.2) is 30.3 Å². The lowest BCUT2D eigenvalue weighted by Gasteiger charge is -2.38. The fourth-order valence-electron chi connectivity index (χ4n) is 3.44.